The van der Waals surface area contributed by atoms with Gasteiger partial charge in [-0.05, 0) is 225 Å². The maximum Gasteiger partial charge on any atom is 0.164 e. The molecule has 0 N–H and O–H groups in total. The number of para-hydroxylation sites is 2. The maximum atomic E-state index is 6.57. The minimum atomic E-state index is -0.0812. The Labute approximate surface area is 831 Å². The van der Waals surface area contributed by atoms with Crippen molar-refractivity contribution in [2.24, 2.45) is 0 Å². The van der Waals surface area contributed by atoms with Gasteiger partial charge in [-0.2, -0.15) is 0 Å². The van der Waals surface area contributed by atoms with Crippen molar-refractivity contribution in [1.82, 2.24) is 29.9 Å². The number of rotatable bonds is 11. The highest BCUT2D eigenvalue weighted by atomic mass is 16.3. The zero-order valence-corrected chi connectivity index (χ0v) is 81.9. The van der Waals surface area contributed by atoms with Gasteiger partial charge in [0.2, 0.25) is 0 Å². The summed E-state index contributed by atoms with van der Waals surface area (Å²) in [6, 6.07) is 142. The summed E-state index contributed by atoms with van der Waals surface area (Å²) in [5.41, 5.74) is 36.2. The van der Waals surface area contributed by atoms with Crippen LogP contribution in [0.25, 0.3) is 212 Å². The SMILES string of the molecule is CC1(C)c2ccccc2-c2c(ccc3oc4ccc(-c5ccc(-c6nc(-c7ccccc7)nc(-c7ccccc7)n6)cc5)cc4c23)C1(C)C.CC1(C)c2ccccc2-c2c(ccc3oc4ccc(-c5cccc(-c6nc(-c7ccccc7)nc(-c7ccccc7)n6)c5)cc4c23)C1(C)C.CC1(C)c2ccccc2-c2cc3c(cc2C1(C)C)oc1ccc(N(c2ccccc2)c2ccc4c(c2)oc2ccccc24)cc13. The lowest BCUT2D eigenvalue weighted by Gasteiger charge is -2.48. The summed E-state index contributed by atoms with van der Waals surface area (Å²) in [5, 5.41) is 9.12. The highest BCUT2D eigenvalue weighted by molar-refractivity contribution is 6.17. The molecule has 0 aliphatic heterocycles. The fourth-order valence-corrected chi connectivity index (χ4v) is 22.6. The van der Waals surface area contributed by atoms with Crippen LogP contribution >= 0.6 is 0 Å². The summed E-state index contributed by atoms with van der Waals surface area (Å²) in [5.74, 6) is 3.89. The molecule has 0 radical (unpaired) electrons. The highest BCUT2D eigenvalue weighted by Gasteiger charge is 2.50. The second-order valence-electron chi connectivity index (χ2n) is 41.6. The Morgan fingerprint density at radius 3 is 0.986 bits per heavy atom. The molecule has 0 atom stereocenters. The van der Waals surface area contributed by atoms with Gasteiger partial charge in [-0.15, -0.1) is 0 Å². The van der Waals surface area contributed by atoms with E-state index in [1.54, 1.807) is 0 Å². The molecule has 0 unspecified atom stereocenters. The third-order valence-electron chi connectivity index (χ3n) is 32.4. The van der Waals surface area contributed by atoms with E-state index in [0.29, 0.717) is 34.9 Å². The second-order valence-corrected chi connectivity index (χ2v) is 41.6. The zero-order valence-electron chi connectivity index (χ0n) is 81.9. The molecule has 0 amide bonds. The van der Waals surface area contributed by atoms with E-state index in [4.69, 9.17) is 47.6 Å². The Bertz CT molecular complexity index is 9090. The van der Waals surface area contributed by atoms with Crippen LogP contribution in [0.4, 0.5) is 17.1 Å². The van der Waals surface area contributed by atoms with Gasteiger partial charge in [-0.3, -0.25) is 0 Å². The molecule has 27 rings (SSSR count). The van der Waals surface area contributed by atoms with Gasteiger partial charge in [0.1, 0.15) is 44.7 Å². The van der Waals surface area contributed by atoms with E-state index in [1.807, 2.05) is 133 Å². The molecule has 3 aliphatic rings. The Kier molecular flexibility index (Phi) is 20.4. The van der Waals surface area contributed by atoms with E-state index in [0.717, 1.165) is 150 Å². The first-order valence-electron chi connectivity index (χ1n) is 49.4. The number of aromatic nitrogens is 6. The van der Waals surface area contributed by atoms with Crippen molar-refractivity contribution in [2.75, 3.05) is 4.90 Å². The molecular formula is C132H103N7O4. The summed E-state index contributed by atoms with van der Waals surface area (Å²) in [6.07, 6.45) is 0. The molecule has 690 valence electrons. The van der Waals surface area contributed by atoms with Gasteiger partial charge in [0, 0.05) is 99.6 Å². The third-order valence-corrected chi connectivity index (χ3v) is 32.4. The van der Waals surface area contributed by atoms with Crippen molar-refractivity contribution >= 4 is 105 Å². The molecule has 3 aliphatic carbocycles. The smallest absolute Gasteiger partial charge is 0.164 e. The summed E-state index contributed by atoms with van der Waals surface area (Å²) in [4.78, 5) is 31.8. The van der Waals surface area contributed by atoms with Crippen molar-refractivity contribution < 1.29 is 17.7 Å². The van der Waals surface area contributed by atoms with E-state index in [1.165, 1.54) is 77.5 Å². The molecule has 6 aromatic heterocycles. The summed E-state index contributed by atoms with van der Waals surface area (Å²) >= 11 is 0. The number of fused-ring (bicyclic) bond motifs is 23. The largest absolute Gasteiger partial charge is 0.456 e. The number of benzene rings is 18. The molecule has 6 heterocycles. The van der Waals surface area contributed by atoms with Crippen molar-refractivity contribution in [2.45, 2.75) is 116 Å². The van der Waals surface area contributed by atoms with E-state index in [9.17, 15) is 0 Å². The predicted molar refractivity (Wildman–Crippen MR) is 588 cm³/mol. The van der Waals surface area contributed by atoms with Gasteiger partial charge in [-0.25, -0.2) is 29.9 Å². The number of hydrogen-bond acceptors (Lipinski definition) is 11. The summed E-state index contributed by atoms with van der Waals surface area (Å²) < 4.78 is 25.9. The molecule has 0 spiro atoms. The zero-order chi connectivity index (χ0) is 97.2. The van der Waals surface area contributed by atoms with Crippen LogP contribution in [-0.2, 0) is 32.5 Å². The lowest BCUT2D eigenvalue weighted by atomic mass is 9.55. The summed E-state index contributed by atoms with van der Waals surface area (Å²) in [6.45, 7) is 28.5. The highest BCUT2D eigenvalue weighted by Crippen LogP contribution is 2.61. The van der Waals surface area contributed by atoms with Gasteiger partial charge >= 0.3 is 0 Å². The Balaban J connectivity index is 0.000000113. The molecule has 18 aromatic carbocycles. The van der Waals surface area contributed by atoms with Crippen LogP contribution in [0.3, 0.4) is 0 Å². The molecule has 0 bridgehead atoms. The van der Waals surface area contributed by atoms with Crippen molar-refractivity contribution in [3.05, 3.63) is 440 Å². The number of anilines is 3. The minimum absolute atomic E-state index is 0.0272. The van der Waals surface area contributed by atoms with E-state index < -0.39 is 0 Å². The lowest BCUT2D eigenvalue weighted by molar-refractivity contribution is 0.299. The van der Waals surface area contributed by atoms with Crippen LogP contribution in [0.5, 0.6) is 0 Å². The molecule has 0 saturated carbocycles. The van der Waals surface area contributed by atoms with Gasteiger partial charge in [0.25, 0.3) is 0 Å². The van der Waals surface area contributed by atoms with Crippen molar-refractivity contribution in [3.8, 4) is 124 Å². The number of furan rings is 4. The van der Waals surface area contributed by atoms with E-state index in [2.05, 4.69) is 361 Å². The van der Waals surface area contributed by atoms with Crippen LogP contribution in [0, 0.1) is 0 Å². The first-order valence-corrected chi connectivity index (χ1v) is 49.4. The Morgan fingerprint density at radius 1 is 0.168 bits per heavy atom. The normalized spacial score (nSPS) is 14.6. The van der Waals surface area contributed by atoms with Crippen LogP contribution in [0.2, 0.25) is 0 Å². The second kappa shape index (κ2) is 33.4. The lowest BCUT2D eigenvalue weighted by Crippen LogP contribution is -2.43. The first-order chi connectivity index (χ1) is 69.4. The van der Waals surface area contributed by atoms with Crippen LogP contribution in [0.15, 0.2) is 424 Å². The van der Waals surface area contributed by atoms with Crippen molar-refractivity contribution in [1.29, 1.82) is 0 Å². The van der Waals surface area contributed by atoms with Gasteiger partial charge < -0.3 is 22.6 Å². The Morgan fingerprint density at radius 2 is 0.483 bits per heavy atom. The minimum Gasteiger partial charge on any atom is -0.456 e. The fraction of sp³-hybridized carbons (Fsp3) is 0.136. The molecular weight excluding hydrogens is 1750 g/mol. The van der Waals surface area contributed by atoms with Crippen LogP contribution in [0.1, 0.15) is 116 Å². The maximum absolute atomic E-state index is 6.57. The molecule has 11 nitrogen and oxygen atoms in total. The van der Waals surface area contributed by atoms with E-state index in [-0.39, 0.29) is 32.5 Å². The van der Waals surface area contributed by atoms with E-state index >= 15 is 0 Å². The van der Waals surface area contributed by atoms with Gasteiger partial charge in [-0.1, -0.05) is 380 Å². The third kappa shape index (κ3) is 14.3. The quantitative estimate of drug-likeness (QED) is 0.123. The standard InChI is InChI=1S/2C45H35N3O.C42H33NO2/c1-44(2)35-21-12-11-20-33(35)39-36(45(44,3)4)23-25-38-40(39)34-27-31(22-24-37(34)49-38)30-18-13-19-32(26-30)43-47-41(28-14-7-5-8-15-28)46-42(48-43)29-16-9-6-10-17-29;1-44(2)35-18-12-11-17-33(35)39-36(45(44,3)4)24-26-38-40(39)34-27-32(23-25-37(34)49-38)28-19-21-31(22-20-28)43-47-41(29-13-7-5-8-14-29)46-42(48-43)30-15-9-6-10-16-30;1-41(2)35-16-10-8-14-29(35)32-24-34-33-22-27(19-21-38(33)45-40(34)25-36(32)42(41,3)4)43(26-12-6-5-7-13-26)28-18-20-31-30-15-9-11-17-37(30)44-39(31)23-28/h2*5-27H,1-4H3;5-25H,1-4H3. The van der Waals surface area contributed by atoms with Gasteiger partial charge in [0.15, 0.2) is 34.9 Å². The van der Waals surface area contributed by atoms with Gasteiger partial charge in [0.05, 0.1) is 0 Å². The molecule has 0 saturated heterocycles. The molecule has 0 fully saturated rings. The topological polar surface area (TPSA) is 133 Å². The number of nitrogens with zero attached hydrogens (tertiary/aromatic N) is 7. The molecule has 143 heavy (non-hydrogen) atoms. The molecule has 11 heteroatoms. The van der Waals surface area contributed by atoms with Crippen molar-refractivity contribution in [3.63, 3.8) is 0 Å². The predicted octanol–water partition coefficient (Wildman–Crippen LogP) is 35.5. The first kappa shape index (κ1) is 87.5. The fourth-order valence-electron chi connectivity index (χ4n) is 22.6. The average Bonchev–Trinajstić information content (AvgIpc) is 1.69. The summed E-state index contributed by atoms with van der Waals surface area (Å²) in [7, 11) is 0. The number of hydrogen-bond donors (Lipinski definition) is 0. The van der Waals surface area contributed by atoms with Crippen LogP contribution < -0.4 is 4.90 Å². The monoisotopic (exact) mass is 1850 g/mol. The Hall–Kier alpha value is -17.0. The average molecular weight is 1850 g/mol. The van der Waals surface area contributed by atoms with Crippen LogP contribution in [-0.4, -0.2) is 29.9 Å². The molecule has 24 aromatic rings.